The Kier molecular flexibility index (Phi) is 4.55. The lowest BCUT2D eigenvalue weighted by molar-refractivity contribution is -0.141. The Morgan fingerprint density at radius 1 is 1.44 bits per heavy atom. The highest BCUT2D eigenvalue weighted by molar-refractivity contribution is 7.90. The minimum absolute atomic E-state index is 0.0699. The smallest absolute Gasteiger partial charge is 0.326 e. The molecule has 7 nitrogen and oxygen atoms in total. The third-order valence-corrected chi connectivity index (χ3v) is 3.83. The second-order valence-electron chi connectivity index (χ2n) is 4.52. The molecule has 18 heavy (non-hydrogen) atoms. The molecule has 1 N–H and O–H groups in total. The highest BCUT2D eigenvalue weighted by Crippen LogP contribution is 2.18. The fourth-order valence-corrected chi connectivity index (χ4v) is 2.48. The van der Waals surface area contributed by atoms with Crippen molar-refractivity contribution < 1.29 is 23.1 Å². The quantitative estimate of drug-likeness (QED) is 0.757. The zero-order chi connectivity index (χ0) is 13.9. The molecule has 1 saturated heterocycles. The number of carbonyl (C=O) groups is 2. The van der Waals surface area contributed by atoms with E-state index in [0.29, 0.717) is 19.4 Å². The fourth-order valence-electron chi connectivity index (χ4n) is 1.87. The Balaban J connectivity index is 2.60. The standard InChI is InChI=1S/C10H18N2O5S/c1-11(6-7-18(2,16)17)10(15)12-5-3-4-8(12)9(13)14/h8H,3-7H2,1-2H3,(H,13,14)/t8-/m1/s1. The van der Waals surface area contributed by atoms with E-state index in [1.807, 2.05) is 0 Å². The van der Waals surface area contributed by atoms with Gasteiger partial charge in [0.1, 0.15) is 15.9 Å². The maximum Gasteiger partial charge on any atom is 0.326 e. The topological polar surface area (TPSA) is 95.0 Å². The molecule has 0 saturated carbocycles. The molecule has 1 rings (SSSR count). The van der Waals surface area contributed by atoms with E-state index in [9.17, 15) is 18.0 Å². The van der Waals surface area contributed by atoms with Crippen LogP contribution in [0.5, 0.6) is 0 Å². The van der Waals surface area contributed by atoms with Crippen LogP contribution in [-0.2, 0) is 14.6 Å². The first kappa shape index (κ1) is 14.7. The lowest BCUT2D eigenvalue weighted by atomic mass is 10.2. The zero-order valence-corrected chi connectivity index (χ0v) is 11.3. The first-order valence-electron chi connectivity index (χ1n) is 5.64. The Bertz CT molecular complexity index is 434. The van der Waals surface area contributed by atoms with E-state index >= 15 is 0 Å². The summed E-state index contributed by atoms with van der Waals surface area (Å²) in [4.78, 5) is 25.5. The molecular formula is C10H18N2O5S. The molecule has 2 amide bonds. The van der Waals surface area contributed by atoms with Crippen molar-refractivity contribution in [3.8, 4) is 0 Å². The van der Waals surface area contributed by atoms with Crippen LogP contribution in [0.2, 0.25) is 0 Å². The van der Waals surface area contributed by atoms with Gasteiger partial charge in [-0.25, -0.2) is 18.0 Å². The summed E-state index contributed by atoms with van der Waals surface area (Å²) in [7, 11) is -1.66. The van der Waals surface area contributed by atoms with Crippen molar-refractivity contribution >= 4 is 21.8 Å². The van der Waals surface area contributed by atoms with Crippen LogP contribution >= 0.6 is 0 Å². The molecule has 8 heteroatoms. The molecule has 0 radical (unpaired) electrons. The monoisotopic (exact) mass is 278 g/mol. The van der Waals surface area contributed by atoms with Gasteiger partial charge in [0.2, 0.25) is 0 Å². The maximum atomic E-state index is 12.0. The minimum atomic E-state index is -3.13. The van der Waals surface area contributed by atoms with E-state index in [-0.39, 0.29) is 12.3 Å². The van der Waals surface area contributed by atoms with E-state index in [1.165, 1.54) is 16.8 Å². The molecule has 0 bridgehead atoms. The summed E-state index contributed by atoms with van der Waals surface area (Å²) in [5.41, 5.74) is 0. The summed E-state index contributed by atoms with van der Waals surface area (Å²) in [5, 5.41) is 8.97. The molecule has 1 aliphatic heterocycles. The molecule has 0 unspecified atom stereocenters. The van der Waals surface area contributed by atoms with Gasteiger partial charge >= 0.3 is 12.0 Å². The van der Waals surface area contributed by atoms with Crippen molar-refractivity contribution in [2.75, 3.05) is 32.1 Å². The van der Waals surface area contributed by atoms with Gasteiger partial charge in [0, 0.05) is 26.4 Å². The van der Waals surface area contributed by atoms with Crippen LogP contribution in [0, 0.1) is 0 Å². The molecule has 0 aromatic heterocycles. The number of hydrogen-bond donors (Lipinski definition) is 1. The predicted octanol–water partition coefficient (Wildman–Crippen LogP) is -0.368. The second kappa shape index (κ2) is 5.55. The van der Waals surface area contributed by atoms with Gasteiger partial charge in [-0.3, -0.25) is 0 Å². The average Bonchev–Trinajstić information content (AvgIpc) is 2.72. The van der Waals surface area contributed by atoms with Crippen LogP contribution < -0.4 is 0 Å². The van der Waals surface area contributed by atoms with Crippen LogP contribution in [0.4, 0.5) is 4.79 Å². The normalized spacial score (nSPS) is 19.9. The number of carboxylic acids is 1. The van der Waals surface area contributed by atoms with Crippen molar-refractivity contribution in [1.29, 1.82) is 0 Å². The molecule has 0 aromatic rings. The summed E-state index contributed by atoms with van der Waals surface area (Å²) >= 11 is 0. The number of likely N-dealkylation sites (tertiary alicyclic amines) is 1. The van der Waals surface area contributed by atoms with Crippen LogP contribution in [-0.4, -0.2) is 73.5 Å². The van der Waals surface area contributed by atoms with Crippen LogP contribution in [0.15, 0.2) is 0 Å². The molecule has 1 heterocycles. The fraction of sp³-hybridized carbons (Fsp3) is 0.800. The number of rotatable bonds is 4. The summed E-state index contributed by atoms with van der Waals surface area (Å²) < 4.78 is 22.0. The first-order valence-corrected chi connectivity index (χ1v) is 7.70. The second-order valence-corrected chi connectivity index (χ2v) is 6.78. The molecular weight excluding hydrogens is 260 g/mol. The minimum Gasteiger partial charge on any atom is -0.480 e. The number of urea groups is 1. The van der Waals surface area contributed by atoms with E-state index < -0.39 is 27.9 Å². The van der Waals surface area contributed by atoms with E-state index in [4.69, 9.17) is 5.11 Å². The number of sulfone groups is 1. The highest BCUT2D eigenvalue weighted by Gasteiger charge is 2.35. The third kappa shape index (κ3) is 3.86. The summed E-state index contributed by atoms with van der Waals surface area (Å²) in [6.07, 6.45) is 2.20. The van der Waals surface area contributed by atoms with Gasteiger partial charge in [-0.15, -0.1) is 0 Å². The predicted molar refractivity (Wildman–Crippen MR) is 65.1 cm³/mol. The van der Waals surface area contributed by atoms with Crippen LogP contribution in [0.25, 0.3) is 0 Å². The molecule has 1 atom stereocenters. The number of carboxylic acid groups (broad SMARTS) is 1. The summed E-state index contributed by atoms with van der Waals surface area (Å²) in [6, 6.07) is -1.22. The summed E-state index contributed by atoms with van der Waals surface area (Å²) in [5.74, 6) is -1.14. The van der Waals surface area contributed by atoms with Gasteiger partial charge in [-0.05, 0) is 12.8 Å². The first-order chi connectivity index (χ1) is 8.22. The van der Waals surface area contributed by atoms with Crippen LogP contribution in [0.1, 0.15) is 12.8 Å². The van der Waals surface area contributed by atoms with Gasteiger partial charge in [0.25, 0.3) is 0 Å². The van der Waals surface area contributed by atoms with Crippen LogP contribution in [0.3, 0.4) is 0 Å². The van der Waals surface area contributed by atoms with Crippen molar-refractivity contribution in [3.05, 3.63) is 0 Å². The Morgan fingerprint density at radius 2 is 2.06 bits per heavy atom. The Hall–Kier alpha value is -1.31. The summed E-state index contributed by atoms with van der Waals surface area (Å²) in [6.45, 7) is 0.472. The third-order valence-electron chi connectivity index (χ3n) is 2.91. The van der Waals surface area contributed by atoms with Crippen molar-refractivity contribution in [1.82, 2.24) is 9.80 Å². The maximum absolute atomic E-state index is 12.0. The van der Waals surface area contributed by atoms with E-state index in [2.05, 4.69) is 0 Å². The van der Waals surface area contributed by atoms with Crippen molar-refractivity contribution in [3.63, 3.8) is 0 Å². The molecule has 1 fully saturated rings. The number of nitrogens with zero attached hydrogens (tertiary/aromatic N) is 2. The lowest BCUT2D eigenvalue weighted by Gasteiger charge is -2.27. The number of amides is 2. The molecule has 0 aliphatic carbocycles. The Labute approximate surface area is 106 Å². The van der Waals surface area contributed by atoms with E-state index in [0.717, 1.165) is 6.26 Å². The van der Waals surface area contributed by atoms with Gasteiger partial charge in [0.15, 0.2) is 0 Å². The number of hydrogen-bond acceptors (Lipinski definition) is 4. The van der Waals surface area contributed by atoms with E-state index in [1.54, 1.807) is 0 Å². The SMILES string of the molecule is CN(CCS(C)(=O)=O)C(=O)N1CCC[C@@H]1C(=O)O. The largest absolute Gasteiger partial charge is 0.480 e. The van der Waals surface area contributed by atoms with Gasteiger partial charge < -0.3 is 14.9 Å². The van der Waals surface area contributed by atoms with Gasteiger partial charge in [0.05, 0.1) is 5.75 Å². The average molecular weight is 278 g/mol. The molecule has 0 aromatic carbocycles. The highest BCUT2D eigenvalue weighted by atomic mass is 32.2. The van der Waals surface area contributed by atoms with Gasteiger partial charge in [-0.1, -0.05) is 0 Å². The number of aliphatic carboxylic acids is 1. The van der Waals surface area contributed by atoms with Gasteiger partial charge in [-0.2, -0.15) is 0 Å². The molecule has 104 valence electrons. The Morgan fingerprint density at radius 3 is 2.56 bits per heavy atom. The number of carbonyl (C=O) groups excluding carboxylic acids is 1. The molecule has 1 aliphatic rings. The zero-order valence-electron chi connectivity index (χ0n) is 10.5. The lowest BCUT2D eigenvalue weighted by Crippen LogP contribution is -2.47. The molecule has 0 spiro atoms. The van der Waals surface area contributed by atoms with Crippen molar-refractivity contribution in [2.24, 2.45) is 0 Å². The van der Waals surface area contributed by atoms with Crippen molar-refractivity contribution in [2.45, 2.75) is 18.9 Å².